The Morgan fingerprint density at radius 3 is 2.88 bits per heavy atom. The number of pyridine rings is 1. The SMILES string of the molecule is CCOc1ccc([C@H]2COCCN2C(=O)c2cc3c4c(c(N)nc3cc2F)COC4)nn1. The Kier molecular flexibility index (Phi) is 5.32. The molecule has 1 amide bonds. The molecular weight excluding hydrogens is 417 g/mol. The fourth-order valence-corrected chi connectivity index (χ4v) is 4.14. The van der Waals surface area contributed by atoms with E-state index in [0.29, 0.717) is 61.3 Å². The van der Waals surface area contributed by atoms with E-state index in [1.54, 1.807) is 23.1 Å². The highest BCUT2D eigenvalue weighted by atomic mass is 19.1. The molecule has 166 valence electrons. The summed E-state index contributed by atoms with van der Waals surface area (Å²) in [7, 11) is 0. The van der Waals surface area contributed by atoms with Crippen LogP contribution in [0.5, 0.6) is 5.88 Å². The molecule has 0 radical (unpaired) electrons. The third-order valence-corrected chi connectivity index (χ3v) is 5.73. The molecular formula is C22H22FN5O4. The molecule has 3 aromatic rings. The first-order chi connectivity index (χ1) is 15.6. The summed E-state index contributed by atoms with van der Waals surface area (Å²) in [4.78, 5) is 19.3. The maximum atomic E-state index is 15.0. The van der Waals surface area contributed by atoms with E-state index in [1.807, 2.05) is 6.92 Å². The standard InChI is InChI=1S/C22H22FN5O4/c1-2-32-20-4-3-17(26-27-20)19-11-30-6-5-28(19)22(29)13-7-12-14-9-31-10-15(14)21(24)25-18(12)8-16(13)23/h3-4,7-8,19H,2,5-6,9-11H2,1H3,(H2,24,25)/t19-/m1/s1. The zero-order chi connectivity index (χ0) is 22.2. The van der Waals surface area contributed by atoms with Crippen molar-refractivity contribution in [2.45, 2.75) is 26.2 Å². The van der Waals surface area contributed by atoms with Crippen molar-refractivity contribution in [2.75, 3.05) is 32.1 Å². The molecule has 0 spiro atoms. The molecule has 9 nitrogen and oxygen atoms in total. The van der Waals surface area contributed by atoms with Crippen LogP contribution in [0.2, 0.25) is 0 Å². The Morgan fingerprint density at radius 1 is 1.25 bits per heavy atom. The van der Waals surface area contributed by atoms with Crippen molar-refractivity contribution in [1.82, 2.24) is 20.1 Å². The number of aromatic nitrogens is 3. The summed E-state index contributed by atoms with van der Waals surface area (Å²) >= 11 is 0. The predicted molar refractivity (Wildman–Crippen MR) is 112 cm³/mol. The van der Waals surface area contributed by atoms with Crippen molar-refractivity contribution in [3.8, 4) is 5.88 Å². The van der Waals surface area contributed by atoms with Crippen LogP contribution >= 0.6 is 0 Å². The van der Waals surface area contributed by atoms with Crippen LogP contribution in [0.3, 0.4) is 0 Å². The van der Waals surface area contributed by atoms with Gasteiger partial charge >= 0.3 is 0 Å². The van der Waals surface area contributed by atoms with Crippen LogP contribution < -0.4 is 10.5 Å². The normalized spacial score (nSPS) is 18.1. The van der Waals surface area contributed by atoms with Crippen molar-refractivity contribution >= 4 is 22.6 Å². The number of carbonyl (C=O) groups excluding carboxylic acids is 1. The number of benzene rings is 1. The van der Waals surface area contributed by atoms with Crippen molar-refractivity contribution in [1.29, 1.82) is 0 Å². The van der Waals surface area contributed by atoms with E-state index < -0.39 is 17.8 Å². The second-order valence-electron chi connectivity index (χ2n) is 7.61. The number of nitrogens with zero attached hydrogens (tertiary/aromatic N) is 4. The number of ether oxygens (including phenoxy) is 3. The van der Waals surface area contributed by atoms with Crippen LogP contribution in [0.1, 0.15) is 40.1 Å². The largest absolute Gasteiger partial charge is 0.477 e. The monoisotopic (exact) mass is 439 g/mol. The van der Waals surface area contributed by atoms with Crippen LogP contribution in [0.15, 0.2) is 24.3 Å². The second-order valence-corrected chi connectivity index (χ2v) is 7.61. The number of hydrogen-bond acceptors (Lipinski definition) is 8. The van der Waals surface area contributed by atoms with E-state index in [9.17, 15) is 4.79 Å². The molecule has 1 fully saturated rings. The number of morpholine rings is 1. The van der Waals surface area contributed by atoms with Crippen molar-refractivity contribution < 1.29 is 23.4 Å². The van der Waals surface area contributed by atoms with E-state index in [0.717, 1.165) is 11.1 Å². The second kappa shape index (κ2) is 8.29. The number of anilines is 1. The van der Waals surface area contributed by atoms with Crippen molar-refractivity contribution in [3.63, 3.8) is 0 Å². The average Bonchev–Trinajstić information content (AvgIpc) is 3.30. The lowest BCUT2D eigenvalue weighted by molar-refractivity contribution is -0.00441. The molecule has 0 saturated carbocycles. The van der Waals surface area contributed by atoms with E-state index in [1.165, 1.54) is 6.07 Å². The molecule has 1 saturated heterocycles. The van der Waals surface area contributed by atoms with Gasteiger partial charge in [-0.1, -0.05) is 0 Å². The molecule has 2 aliphatic rings. The zero-order valence-electron chi connectivity index (χ0n) is 17.5. The van der Waals surface area contributed by atoms with Crippen LogP contribution in [0.25, 0.3) is 10.9 Å². The molecule has 4 heterocycles. The molecule has 1 atom stereocenters. The Hall–Kier alpha value is -3.37. The highest BCUT2D eigenvalue weighted by Crippen LogP contribution is 2.33. The summed E-state index contributed by atoms with van der Waals surface area (Å²) in [5, 5.41) is 8.90. The van der Waals surface area contributed by atoms with Gasteiger partial charge in [0.15, 0.2) is 0 Å². The summed E-state index contributed by atoms with van der Waals surface area (Å²) in [6, 6.07) is 5.74. The molecule has 0 aliphatic carbocycles. The van der Waals surface area contributed by atoms with Gasteiger partial charge in [0.2, 0.25) is 5.88 Å². The lowest BCUT2D eigenvalue weighted by Crippen LogP contribution is -2.44. The zero-order valence-corrected chi connectivity index (χ0v) is 17.5. The smallest absolute Gasteiger partial charge is 0.257 e. The molecule has 10 heteroatoms. The predicted octanol–water partition coefficient (Wildman–Crippen LogP) is 2.39. The van der Waals surface area contributed by atoms with Crippen molar-refractivity contribution in [2.24, 2.45) is 0 Å². The maximum Gasteiger partial charge on any atom is 0.257 e. The Balaban J connectivity index is 1.51. The summed E-state index contributed by atoms with van der Waals surface area (Å²) < 4.78 is 31.5. The topological polar surface area (TPSA) is 113 Å². The minimum Gasteiger partial charge on any atom is -0.477 e. The summed E-state index contributed by atoms with van der Waals surface area (Å²) in [5.41, 5.74) is 8.53. The lowest BCUT2D eigenvalue weighted by Gasteiger charge is -2.35. The van der Waals surface area contributed by atoms with E-state index in [4.69, 9.17) is 19.9 Å². The third kappa shape index (κ3) is 3.51. The Morgan fingerprint density at radius 2 is 2.09 bits per heavy atom. The van der Waals surface area contributed by atoms with Gasteiger partial charge in [0.25, 0.3) is 5.91 Å². The molecule has 1 aromatic carbocycles. The van der Waals surface area contributed by atoms with Gasteiger partial charge in [0, 0.05) is 29.6 Å². The van der Waals surface area contributed by atoms with Gasteiger partial charge in [-0.05, 0) is 24.6 Å². The van der Waals surface area contributed by atoms with Gasteiger partial charge in [-0.2, -0.15) is 0 Å². The van der Waals surface area contributed by atoms with E-state index in [-0.39, 0.29) is 12.2 Å². The van der Waals surface area contributed by atoms with Crippen LogP contribution in [0.4, 0.5) is 10.2 Å². The molecule has 0 bridgehead atoms. The van der Waals surface area contributed by atoms with E-state index in [2.05, 4.69) is 15.2 Å². The summed E-state index contributed by atoms with van der Waals surface area (Å²) in [6.07, 6.45) is 0. The third-order valence-electron chi connectivity index (χ3n) is 5.73. The van der Waals surface area contributed by atoms with Gasteiger partial charge in [-0.15, -0.1) is 10.2 Å². The van der Waals surface area contributed by atoms with Gasteiger partial charge in [0.1, 0.15) is 11.6 Å². The Labute approximate surface area is 183 Å². The number of amides is 1. The fourth-order valence-electron chi connectivity index (χ4n) is 4.14. The maximum absolute atomic E-state index is 15.0. The molecule has 2 aromatic heterocycles. The molecule has 2 N–H and O–H groups in total. The van der Waals surface area contributed by atoms with Gasteiger partial charge < -0.3 is 24.8 Å². The number of hydrogen-bond donors (Lipinski definition) is 1. The number of fused-ring (bicyclic) bond motifs is 3. The molecule has 32 heavy (non-hydrogen) atoms. The summed E-state index contributed by atoms with van der Waals surface area (Å²) in [6.45, 7) is 3.92. The molecule has 5 rings (SSSR count). The first-order valence-corrected chi connectivity index (χ1v) is 10.4. The first-order valence-electron chi connectivity index (χ1n) is 10.4. The van der Waals surface area contributed by atoms with E-state index >= 15 is 4.39 Å². The highest BCUT2D eigenvalue weighted by Gasteiger charge is 2.32. The Bertz CT molecular complexity index is 1190. The number of halogens is 1. The quantitative estimate of drug-likeness (QED) is 0.659. The van der Waals surface area contributed by atoms with Gasteiger partial charge in [-0.3, -0.25) is 4.79 Å². The number of carbonyl (C=O) groups is 1. The summed E-state index contributed by atoms with van der Waals surface area (Å²) in [5.74, 6) is -0.380. The number of nitrogens with two attached hydrogens (primary N) is 1. The minimum absolute atomic E-state index is 0.0380. The first kappa shape index (κ1) is 20.5. The molecule has 2 aliphatic heterocycles. The van der Waals surface area contributed by atoms with Crippen LogP contribution in [-0.4, -0.2) is 52.4 Å². The minimum atomic E-state index is -0.656. The van der Waals surface area contributed by atoms with Crippen molar-refractivity contribution in [3.05, 3.63) is 52.5 Å². The van der Waals surface area contributed by atoms with Gasteiger partial charge in [-0.25, -0.2) is 9.37 Å². The number of rotatable bonds is 4. The highest BCUT2D eigenvalue weighted by molar-refractivity contribution is 5.99. The number of nitrogen functional groups attached to an aromatic ring is 1. The van der Waals surface area contributed by atoms with Crippen LogP contribution in [-0.2, 0) is 22.7 Å². The van der Waals surface area contributed by atoms with Gasteiger partial charge in [0.05, 0.1) is 55.9 Å². The molecule has 0 unspecified atom stereocenters. The average molecular weight is 439 g/mol. The van der Waals surface area contributed by atoms with Crippen LogP contribution in [0, 0.1) is 5.82 Å². The fraction of sp³-hybridized carbons (Fsp3) is 0.364. The lowest BCUT2D eigenvalue weighted by atomic mass is 10.0.